The minimum Gasteiger partial charge on any atom is -0.481 e. The fourth-order valence-corrected chi connectivity index (χ4v) is 1.98. The SMILES string of the molecule is CCn1nc(-c2ccc(CC(=O)O)cc2)c(C#N)c1N. The third kappa shape index (κ3) is 2.47. The Morgan fingerprint density at radius 1 is 1.45 bits per heavy atom. The molecule has 2 rings (SSSR count). The number of nitrogens with zero attached hydrogens (tertiary/aromatic N) is 3. The summed E-state index contributed by atoms with van der Waals surface area (Å²) < 4.78 is 1.57. The molecule has 0 radical (unpaired) electrons. The Bertz CT molecular complexity index is 680. The van der Waals surface area contributed by atoms with Crippen molar-refractivity contribution in [2.75, 3.05) is 5.73 Å². The van der Waals surface area contributed by atoms with E-state index in [-0.39, 0.29) is 6.42 Å². The summed E-state index contributed by atoms with van der Waals surface area (Å²) in [7, 11) is 0. The molecule has 6 heteroatoms. The Morgan fingerprint density at radius 3 is 2.60 bits per heavy atom. The average Bonchev–Trinajstić information content (AvgIpc) is 2.75. The van der Waals surface area contributed by atoms with Gasteiger partial charge in [0, 0.05) is 12.1 Å². The smallest absolute Gasteiger partial charge is 0.307 e. The van der Waals surface area contributed by atoms with Gasteiger partial charge in [-0.05, 0) is 12.5 Å². The Kier molecular flexibility index (Phi) is 3.71. The highest BCUT2D eigenvalue weighted by molar-refractivity contribution is 5.74. The van der Waals surface area contributed by atoms with E-state index in [2.05, 4.69) is 11.2 Å². The van der Waals surface area contributed by atoms with Crippen LogP contribution < -0.4 is 5.73 Å². The summed E-state index contributed by atoms with van der Waals surface area (Å²) in [6.07, 6.45) is -0.0308. The topological polar surface area (TPSA) is 105 Å². The molecule has 0 atom stereocenters. The van der Waals surface area contributed by atoms with Gasteiger partial charge in [-0.25, -0.2) is 4.68 Å². The molecule has 6 nitrogen and oxygen atoms in total. The van der Waals surface area contributed by atoms with Gasteiger partial charge in [0.25, 0.3) is 0 Å². The van der Waals surface area contributed by atoms with Crippen molar-refractivity contribution in [2.45, 2.75) is 19.9 Å². The van der Waals surface area contributed by atoms with E-state index in [0.29, 0.717) is 29.2 Å². The van der Waals surface area contributed by atoms with Crippen LogP contribution in [0.2, 0.25) is 0 Å². The summed E-state index contributed by atoms with van der Waals surface area (Å²) in [5.74, 6) is -0.533. The number of aliphatic carboxylic acids is 1. The lowest BCUT2D eigenvalue weighted by molar-refractivity contribution is -0.136. The van der Waals surface area contributed by atoms with Gasteiger partial charge in [-0.2, -0.15) is 10.4 Å². The molecule has 0 unspecified atom stereocenters. The van der Waals surface area contributed by atoms with Crippen molar-refractivity contribution in [2.24, 2.45) is 0 Å². The van der Waals surface area contributed by atoms with Crippen LogP contribution in [0.1, 0.15) is 18.1 Å². The molecule has 0 saturated heterocycles. The van der Waals surface area contributed by atoms with Crippen LogP contribution in [0.5, 0.6) is 0 Å². The number of benzene rings is 1. The quantitative estimate of drug-likeness (QED) is 0.878. The molecule has 2 aromatic rings. The minimum absolute atomic E-state index is 0.0308. The maximum Gasteiger partial charge on any atom is 0.307 e. The van der Waals surface area contributed by atoms with Crippen molar-refractivity contribution in [1.29, 1.82) is 5.26 Å². The molecule has 102 valence electrons. The van der Waals surface area contributed by atoms with E-state index in [9.17, 15) is 10.1 Å². The van der Waals surface area contributed by atoms with Crippen LogP contribution in [0.3, 0.4) is 0 Å². The molecule has 3 N–H and O–H groups in total. The van der Waals surface area contributed by atoms with Crippen molar-refractivity contribution >= 4 is 11.8 Å². The number of rotatable bonds is 4. The first-order valence-corrected chi connectivity index (χ1v) is 6.14. The first-order valence-electron chi connectivity index (χ1n) is 6.14. The Morgan fingerprint density at radius 2 is 2.10 bits per heavy atom. The highest BCUT2D eigenvalue weighted by Gasteiger charge is 2.16. The van der Waals surface area contributed by atoms with E-state index in [1.54, 1.807) is 28.9 Å². The largest absolute Gasteiger partial charge is 0.481 e. The van der Waals surface area contributed by atoms with Crippen molar-refractivity contribution in [3.63, 3.8) is 0 Å². The predicted octanol–water partition coefficient (Wildman–Crippen LogP) is 1.65. The maximum atomic E-state index is 10.6. The molecule has 1 aromatic carbocycles. The van der Waals surface area contributed by atoms with Crippen molar-refractivity contribution in [3.05, 3.63) is 35.4 Å². The second-order valence-electron chi connectivity index (χ2n) is 4.30. The van der Waals surface area contributed by atoms with E-state index in [1.807, 2.05) is 6.92 Å². The Labute approximate surface area is 116 Å². The van der Waals surface area contributed by atoms with Crippen LogP contribution in [-0.2, 0) is 17.8 Å². The van der Waals surface area contributed by atoms with Gasteiger partial charge in [0.2, 0.25) is 0 Å². The van der Waals surface area contributed by atoms with Gasteiger partial charge in [-0.1, -0.05) is 24.3 Å². The maximum absolute atomic E-state index is 10.6. The molecule has 0 saturated carbocycles. The summed E-state index contributed by atoms with van der Waals surface area (Å²) >= 11 is 0. The first kappa shape index (κ1) is 13.6. The Hall–Kier alpha value is -2.81. The first-order chi connectivity index (χ1) is 9.56. The number of hydrogen-bond acceptors (Lipinski definition) is 4. The lowest BCUT2D eigenvalue weighted by Crippen LogP contribution is -2.02. The van der Waals surface area contributed by atoms with Crippen molar-refractivity contribution < 1.29 is 9.90 Å². The van der Waals surface area contributed by atoms with Gasteiger partial charge in [-0.15, -0.1) is 0 Å². The molecule has 0 spiro atoms. The number of aryl methyl sites for hydroxylation is 1. The van der Waals surface area contributed by atoms with Crippen LogP contribution in [0, 0.1) is 11.3 Å². The van der Waals surface area contributed by atoms with E-state index < -0.39 is 5.97 Å². The third-order valence-electron chi connectivity index (χ3n) is 2.99. The lowest BCUT2D eigenvalue weighted by atomic mass is 10.0. The normalized spacial score (nSPS) is 10.2. The number of anilines is 1. The van der Waals surface area contributed by atoms with E-state index in [1.165, 1.54) is 0 Å². The van der Waals surface area contributed by atoms with Crippen molar-refractivity contribution in [3.8, 4) is 17.3 Å². The molecular weight excluding hydrogens is 256 g/mol. The van der Waals surface area contributed by atoms with Gasteiger partial charge < -0.3 is 10.8 Å². The van der Waals surface area contributed by atoms with Crippen LogP contribution in [0.4, 0.5) is 5.82 Å². The van der Waals surface area contributed by atoms with Gasteiger partial charge in [-0.3, -0.25) is 4.79 Å². The summed E-state index contributed by atoms with van der Waals surface area (Å²) in [5, 5.41) is 22.2. The number of carbonyl (C=O) groups is 1. The molecule has 0 aliphatic carbocycles. The summed E-state index contributed by atoms with van der Waals surface area (Å²) in [5.41, 5.74) is 8.17. The van der Waals surface area contributed by atoms with Crippen LogP contribution in [0.25, 0.3) is 11.3 Å². The summed E-state index contributed by atoms with van der Waals surface area (Å²) in [4.78, 5) is 10.6. The number of aromatic nitrogens is 2. The number of nitrogen functional groups attached to an aromatic ring is 1. The number of carboxylic acid groups (broad SMARTS) is 1. The van der Waals surface area contributed by atoms with Gasteiger partial charge in [0.05, 0.1) is 6.42 Å². The third-order valence-corrected chi connectivity index (χ3v) is 2.99. The highest BCUT2D eigenvalue weighted by Crippen LogP contribution is 2.26. The zero-order valence-electron chi connectivity index (χ0n) is 11.0. The van der Waals surface area contributed by atoms with Crippen LogP contribution >= 0.6 is 0 Å². The molecule has 0 amide bonds. The number of carboxylic acids is 1. The molecule has 0 aliphatic heterocycles. The van der Waals surface area contributed by atoms with Crippen molar-refractivity contribution in [1.82, 2.24) is 9.78 Å². The predicted molar refractivity (Wildman–Crippen MR) is 73.8 cm³/mol. The fraction of sp³-hybridized carbons (Fsp3) is 0.214. The molecule has 0 bridgehead atoms. The molecule has 1 heterocycles. The zero-order valence-corrected chi connectivity index (χ0v) is 11.0. The lowest BCUT2D eigenvalue weighted by Gasteiger charge is -2.00. The molecule has 0 aliphatic rings. The van der Waals surface area contributed by atoms with Crippen LogP contribution in [0.15, 0.2) is 24.3 Å². The fourth-order valence-electron chi connectivity index (χ4n) is 1.98. The minimum atomic E-state index is -0.880. The monoisotopic (exact) mass is 270 g/mol. The number of nitrogens with two attached hydrogens (primary N) is 1. The molecule has 20 heavy (non-hydrogen) atoms. The Balaban J connectivity index is 2.42. The second kappa shape index (κ2) is 5.45. The van der Waals surface area contributed by atoms with E-state index in [0.717, 1.165) is 5.56 Å². The molecule has 0 fully saturated rings. The van der Waals surface area contributed by atoms with E-state index >= 15 is 0 Å². The number of nitriles is 1. The van der Waals surface area contributed by atoms with Gasteiger partial charge >= 0.3 is 5.97 Å². The average molecular weight is 270 g/mol. The second-order valence-corrected chi connectivity index (χ2v) is 4.30. The molecular formula is C14H14N4O2. The summed E-state index contributed by atoms with van der Waals surface area (Å²) in [6, 6.07) is 8.99. The van der Waals surface area contributed by atoms with Gasteiger partial charge in [0.15, 0.2) is 0 Å². The zero-order chi connectivity index (χ0) is 14.7. The van der Waals surface area contributed by atoms with Crippen LogP contribution in [-0.4, -0.2) is 20.9 Å². The van der Waals surface area contributed by atoms with Gasteiger partial charge in [0.1, 0.15) is 23.1 Å². The van der Waals surface area contributed by atoms with E-state index in [4.69, 9.17) is 10.8 Å². The summed E-state index contributed by atoms with van der Waals surface area (Å²) in [6.45, 7) is 2.47. The number of hydrogen-bond donors (Lipinski definition) is 2. The standard InChI is InChI=1S/C14H14N4O2/c1-2-18-14(16)11(8-15)13(17-18)10-5-3-9(4-6-10)7-12(19)20/h3-6H,2,7,16H2,1H3,(H,19,20). The highest BCUT2D eigenvalue weighted by atomic mass is 16.4. The molecule has 1 aromatic heterocycles.